The monoisotopic (exact) mass is 355 g/mol. The quantitative estimate of drug-likeness (QED) is 0.759. The average molecular weight is 355 g/mol. The van der Waals surface area contributed by atoms with Crippen molar-refractivity contribution in [2.45, 2.75) is 50.5 Å². The summed E-state index contributed by atoms with van der Waals surface area (Å²) >= 11 is 0. The van der Waals surface area contributed by atoms with Crippen molar-refractivity contribution in [2.24, 2.45) is 0 Å². The van der Waals surface area contributed by atoms with Crippen LogP contribution in [0.1, 0.15) is 45.2 Å². The minimum atomic E-state index is -1.29. The number of hydrogen-bond acceptors (Lipinski definition) is 3. The molecule has 1 saturated heterocycles. The Hall–Kier alpha value is -1.24. The Morgan fingerprint density at radius 2 is 2.29 bits per heavy atom. The maximum atomic E-state index is 13.8. The van der Waals surface area contributed by atoms with Gasteiger partial charge in [-0.2, -0.15) is 0 Å². The van der Waals surface area contributed by atoms with E-state index in [0.717, 1.165) is 6.42 Å². The Morgan fingerprint density at radius 3 is 2.88 bits per heavy atom. The van der Waals surface area contributed by atoms with Gasteiger partial charge in [-0.15, -0.1) is 6.58 Å². The molecule has 0 bridgehead atoms. The van der Waals surface area contributed by atoms with Crippen LogP contribution in [0.5, 0.6) is 5.75 Å². The van der Waals surface area contributed by atoms with Gasteiger partial charge in [-0.3, -0.25) is 0 Å². The number of nitrogens with one attached hydrogen (secondary N) is 1. The Balaban J connectivity index is 2.28. The molecule has 0 spiro atoms. The SMILES string of the molecule is C=CC[C@@H](N[S@@](=O)C(C)(C)C)c1cc(F)ccc1OC1CCOC1. The third-order valence-corrected chi connectivity index (χ3v) is 5.35. The lowest BCUT2D eigenvalue weighted by molar-refractivity contribution is 0.140. The molecule has 24 heavy (non-hydrogen) atoms. The van der Waals surface area contributed by atoms with Crippen molar-refractivity contribution < 1.29 is 18.1 Å². The Bertz CT molecular complexity index is 594. The summed E-state index contributed by atoms with van der Waals surface area (Å²) in [5.74, 6) is 0.245. The number of benzene rings is 1. The Morgan fingerprint density at radius 1 is 1.54 bits per heavy atom. The normalized spacial score (nSPS) is 20.6. The highest BCUT2D eigenvalue weighted by atomic mass is 32.2. The van der Waals surface area contributed by atoms with Crippen molar-refractivity contribution >= 4 is 11.0 Å². The highest BCUT2D eigenvalue weighted by molar-refractivity contribution is 7.84. The Labute approximate surface area is 146 Å². The molecule has 134 valence electrons. The maximum Gasteiger partial charge on any atom is 0.124 e. The molecule has 1 aromatic carbocycles. The van der Waals surface area contributed by atoms with Gasteiger partial charge in [-0.25, -0.2) is 13.3 Å². The lowest BCUT2D eigenvalue weighted by Crippen LogP contribution is -2.36. The number of hydrogen-bond donors (Lipinski definition) is 1. The zero-order valence-electron chi connectivity index (χ0n) is 14.5. The molecule has 1 aliphatic heterocycles. The van der Waals surface area contributed by atoms with Crippen LogP contribution < -0.4 is 9.46 Å². The maximum absolute atomic E-state index is 13.8. The van der Waals surface area contributed by atoms with Crippen LogP contribution in [0.4, 0.5) is 4.39 Å². The second-order valence-corrected chi connectivity index (χ2v) is 8.86. The van der Waals surface area contributed by atoms with Crippen LogP contribution in [-0.4, -0.2) is 28.3 Å². The van der Waals surface area contributed by atoms with Gasteiger partial charge in [0.2, 0.25) is 0 Å². The molecule has 1 N–H and O–H groups in total. The summed E-state index contributed by atoms with van der Waals surface area (Å²) in [5, 5.41) is 0. The highest BCUT2D eigenvalue weighted by Gasteiger charge is 2.26. The molecule has 0 radical (unpaired) electrons. The van der Waals surface area contributed by atoms with E-state index in [1.54, 1.807) is 12.1 Å². The third kappa shape index (κ3) is 5.13. The lowest BCUT2D eigenvalue weighted by atomic mass is 10.0. The highest BCUT2D eigenvalue weighted by Crippen LogP contribution is 2.31. The number of halogens is 1. The standard InChI is InChI=1S/C18H26FNO3S/c1-5-6-16(20-24(21)18(2,3)4)15-11-13(19)7-8-17(15)23-14-9-10-22-12-14/h5,7-8,11,14,16,20H,1,6,9-10,12H2,2-4H3/t14?,16-,24+/m1/s1. The summed E-state index contributed by atoms with van der Waals surface area (Å²) in [6, 6.07) is 4.10. The third-order valence-electron chi connectivity index (χ3n) is 3.74. The van der Waals surface area contributed by atoms with E-state index in [1.165, 1.54) is 12.1 Å². The van der Waals surface area contributed by atoms with Crippen LogP contribution in [0.3, 0.4) is 0 Å². The van der Waals surface area contributed by atoms with Crippen molar-refractivity contribution in [1.29, 1.82) is 0 Å². The predicted octanol–water partition coefficient (Wildman–Crippen LogP) is 3.66. The first-order valence-electron chi connectivity index (χ1n) is 8.14. The molecule has 1 heterocycles. The minimum absolute atomic E-state index is 0.0355. The molecular formula is C18H26FNO3S. The van der Waals surface area contributed by atoms with E-state index in [4.69, 9.17) is 9.47 Å². The van der Waals surface area contributed by atoms with Crippen LogP contribution in [0, 0.1) is 5.82 Å². The second-order valence-electron chi connectivity index (χ2n) is 6.86. The van der Waals surface area contributed by atoms with Crippen LogP contribution in [0.15, 0.2) is 30.9 Å². The average Bonchev–Trinajstić information content (AvgIpc) is 3.00. The van der Waals surface area contributed by atoms with Crippen molar-refractivity contribution in [3.8, 4) is 5.75 Å². The van der Waals surface area contributed by atoms with Gasteiger partial charge in [-0.05, 0) is 45.4 Å². The van der Waals surface area contributed by atoms with Crippen LogP contribution in [0.25, 0.3) is 0 Å². The molecule has 2 rings (SSSR count). The summed E-state index contributed by atoms with van der Waals surface area (Å²) in [4.78, 5) is 0. The minimum Gasteiger partial charge on any atom is -0.488 e. The van der Waals surface area contributed by atoms with E-state index in [1.807, 2.05) is 20.8 Å². The number of rotatable bonds is 7. The molecule has 1 unspecified atom stereocenters. The summed E-state index contributed by atoms with van der Waals surface area (Å²) in [6.07, 6.45) is 3.02. The van der Waals surface area contributed by atoms with E-state index in [9.17, 15) is 8.60 Å². The van der Waals surface area contributed by atoms with E-state index < -0.39 is 15.7 Å². The molecule has 0 saturated carbocycles. The van der Waals surface area contributed by atoms with Crippen molar-refractivity contribution in [3.05, 3.63) is 42.2 Å². The number of ether oxygens (including phenoxy) is 2. The fourth-order valence-corrected chi connectivity index (χ4v) is 3.23. The van der Waals surface area contributed by atoms with Crippen LogP contribution >= 0.6 is 0 Å². The van der Waals surface area contributed by atoms with Gasteiger partial charge in [0.05, 0.1) is 35.0 Å². The first-order valence-corrected chi connectivity index (χ1v) is 9.29. The molecule has 1 fully saturated rings. The molecule has 1 aliphatic rings. The molecule has 0 aromatic heterocycles. The fraction of sp³-hybridized carbons (Fsp3) is 0.556. The largest absolute Gasteiger partial charge is 0.488 e. The van der Waals surface area contributed by atoms with Gasteiger partial charge in [0.15, 0.2) is 0 Å². The first kappa shape index (κ1) is 19.1. The van der Waals surface area contributed by atoms with Crippen molar-refractivity contribution in [1.82, 2.24) is 4.72 Å². The molecule has 0 amide bonds. The Kier molecular flexibility index (Phi) is 6.54. The van der Waals surface area contributed by atoms with Crippen molar-refractivity contribution in [3.63, 3.8) is 0 Å². The van der Waals surface area contributed by atoms with Gasteiger partial charge < -0.3 is 9.47 Å². The molecule has 1 aromatic rings. The molecular weight excluding hydrogens is 329 g/mol. The van der Waals surface area contributed by atoms with E-state index in [2.05, 4.69) is 11.3 Å². The molecule has 6 heteroatoms. The first-order chi connectivity index (χ1) is 11.3. The zero-order chi connectivity index (χ0) is 17.7. The molecule has 0 aliphatic carbocycles. The zero-order valence-corrected chi connectivity index (χ0v) is 15.3. The van der Waals surface area contributed by atoms with Crippen molar-refractivity contribution in [2.75, 3.05) is 13.2 Å². The van der Waals surface area contributed by atoms with Crippen LogP contribution in [-0.2, 0) is 15.7 Å². The van der Waals surface area contributed by atoms with Crippen LogP contribution in [0.2, 0.25) is 0 Å². The topological polar surface area (TPSA) is 47.6 Å². The molecule has 4 nitrogen and oxygen atoms in total. The van der Waals surface area contributed by atoms with E-state index >= 15 is 0 Å². The summed E-state index contributed by atoms with van der Waals surface area (Å²) in [6.45, 7) is 10.6. The van der Waals surface area contributed by atoms with E-state index in [-0.39, 0.29) is 18.0 Å². The summed E-state index contributed by atoms with van der Waals surface area (Å²) < 4.78 is 40.3. The summed E-state index contributed by atoms with van der Waals surface area (Å²) in [5.41, 5.74) is 0.652. The van der Waals surface area contributed by atoms with Gasteiger partial charge >= 0.3 is 0 Å². The van der Waals surface area contributed by atoms with Gasteiger partial charge in [0.1, 0.15) is 17.7 Å². The van der Waals surface area contributed by atoms with Gasteiger partial charge in [0, 0.05) is 12.0 Å². The smallest absolute Gasteiger partial charge is 0.124 e. The summed E-state index contributed by atoms with van der Waals surface area (Å²) in [7, 11) is -1.29. The molecule has 3 atom stereocenters. The van der Waals surface area contributed by atoms with Gasteiger partial charge in [-0.1, -0.05) is 6.08 Å². The van der Waals surface area contributed by atoms with E-state index in [0.29, 0.717) is 30.9 Å². The predicted molar refractivity (Wildman–Crippen MR) is 94.8 cm³/mol. The fourth-order valence-electron chi connectivity index (χ4n) is 2.40. The second kappa shape index (κ2) is 8.23. The lowest BCUT2D eigenvalue weighted by Gasteiger charge is -2.26. The van der Waals surface area contributed by atoms with Gasteiger partial charge in [0.25, 0.3) is 0 Å².